The highest BCUT2D eigenvalue weighted by Gasteiger charge is 2.29. The Morgan fingerprint density at radius 2 is 1.97 bits per heavy atom. The zero-order chi connectivity index (χ0) is 25.6. The van der Waals surface area contributed by atoms with E-state index in [2.05, 4.69) is 61.0 Å². The van der Waals surface area contributed by atoms with Gasteiger partial charge >= 0.3 is 0 Å². The first kappa shape index (κ1) is 26.0. The van der Waals surface area contributed by atoms with Gasteiger partial charge in [0, 0.05) is 37.3 Å². The second-order valence-corrected chi connectivity index (χ2v) is 10.7. The van der Waals surface area contributed by atoms with Crippen molar-refractivity contribution >= 4 is 10.9 Å². The molecular weight excluding hydrogens is 466 g/mol. The van der Waals surface area contributed by atoms with Gasteiger partial charge in [-0.25, -0.2) is 4.68 Å². The molecule has 1 unspecified atom stereocenters. The minimum absolute atomic E-state index is 0.0174. The molecule has 2 fully saturated rings. The van der Waals surface area contributed by atoms with Crippen LogP contribution in [0.2, 0.25) is 0 Å². The van der Waals surface area contributed by atoms with Crippen molar-refractivity contribution in [2.45, 2.75) is 77.4 Å². The Labute approximate surface area is 219 Å². The number of benzene rings is 1. The van der Waals surface area contributed by atoms with Crippen molar-refractivity contribution in [2.75, 3.05) is 39.4 Å². The Balaban J connectivity index is 1.41. The molecule has 9 heteroatoms. The standard InChI is InChI=1S/C28H41N7O2/c1-3-26(27-30-31-32-35(27)24-8-5-4-6-9-24)34(13-7-12-33-14-16-37-17-15-33)20-23-19-22-18-21(2)10-11-25(22)29-28(23)36/h10-11,18-19,24,26H,3-9,12-17,20H2,1-2H3,(H,29,36). The Morgan fingerprint density at radius 3 is 2.76 bits per heavy atom. The van der Waals surface area contributed by atoms with Crippen molar-refractivity contribution in [1.29, 1.82) is 0 Å². The highest BCUT2D eigenvalue weighted by Crippen LogP contribution is 2.32. The average molecular weight is 508 g/mol. The molecule has 2 aliphatic rings. The fraction of sp³-hybridized carbons (Fsp3) is 0.643. The molecular formula is C28H41N7O2. The molecule has 0 spiro atoms. The number of nitrogens with one attached hydrogen (secondary N) is 1. The van der Waals surface area contributed by atoms with E-state index in [1.54, 1.807) is 0 Å². The third-order valence-corrected chi connectivity index (χ3v) is 8.04. The number of ether oxygens (including phenoxy) is 1. The van der Waals surface area contributed by atoms with Crippen LogP contribution < -0.4 is 5.56 Å². The first-order valence-electron chi connectivity index (χ1n) is 14.1. The summed E-state index contributed by atoms with van der Waals surface area (Å²) in [6, 6.07) is 8.65. The van der Waals surface area contributed by atoms with Crippen LogP contribution in [0, 0.1) is 6.92 Å². The molecule has 2 aromatic heterocycles. The summed E-state index contributed by atoms with van der Waals surface area (Å²) in [6.07, 6.45) is 7.93. The number of rotatable bonds is 10. The van der Waals surface area contributed by atoms with Gasteiger partial charge in [-0.15, -0.1) is 5.10 Å². The van der Waals surface area contributed by atoms with E-state index in [0.717, 1.165) is 87.4 Å². The van der Waals surface area contributed by atoms with Crippen LogP contribution in [0.25, 0.3) is 10.9 Å². The number of aromatic nitrogens is 5. The number of tetrazole rings is 1. The summed E-state index contributed by atoms with van der Waals surface area (Å²) in [5.41, 5.74) is 2.84. The zero-order valence-corrected chi connectivity index (χ0v) is 22.4. The molecule has 37 heavy (non-hydrogen) atoms. The Kier molecular flexibility index (Phi) is 8.63. The Bertz CT molecular complexity index is 1210. The van der Waals surface area contributed by atoms with Gasteiger partial charge in [-0.3, -0.25) is 14.6 Å². The van der Waals surface area contributed by atoms with Crippen LogP contribution in [0.5, 0.6) is 0 Å². The van der Waals surface area contributed by atoms with E-state index < -0.39 is 0 Å². The van der Waals surface area contributed by atoms with E-state index in [4.69, 9.17) is 4.74 Å². The maximum Gasteiger partial charge on any atom is 0.252 e. The Morgan fingerprint density at radius 1 is 1.16 bits per heavy atom. The molecule has 1 atom stereocenters. The molecule has 1 aliphatic heterocycles. The van der Waals surface area contributed by atoms with Gasteiger partial charge in [0.05, 0.1) is 25.3 Å². The number of morpholine rings is 1. The zero-order valence-electron chi connectivity index (χ0n) is 22.4. The van der Waals surface area contributed by atoms with Gasteiger partial charge in [-0.1, -0.05) is 37.8 Å². The van der Waals surface area contributed by atoms with Crippen molar-refractivity contribution in [3.63, 3.8) is 0 Å². The number of nitrogens with zero attached hydrogens (tertiary/aromatic N) is 6. The lowest BCUT2D eigenvalue weighted by Crippen LogP contribution is -2.39. The van der Waals surface area contributed by atoms with E-state index in [9.17, 15) is 4.79 Å². The number of pyridine rings is 1. The van der Waals surface area contributed by atoms with Crippen LogP contribution in [0.1, 0.15) is 80.9 Å². The third-order valence-electron chi connectivity index (χ3n) is 8.04. The summed E-state index contributed by atoms with van der Waals surface area (Å²) in [4.78, 5) is 21.1. The highest BCUT2D eigenvalue weighted by atomic mass is 16.5. The lowest BCUT2D eigenvalue weighted by atomic mass is 9.95. The van der Waals surface area contributed by atoms with Crippen molar-refractivity contribution in [2.24, 2.45) is 0 Å². The van der Waals surface area contributed by atoms with Gasteiger partial charge < -0.3 is 9.72 Å². The molecule has 5 rings (SSSR count). The fourth-order valence-electron chi connectivity index (χ4n) is 5.98. The monoisotopic (exact) mass is 507 g/mol. The number of aryl methyl sites for hydroxylation is 1. The van der Waals surface area contributed by atoms with E-state index in [0.29, 0.717) is 12.6 Å². The lowest BCUT2D eigenvalue weighted by molar-refractivity contribution is 0.0348. The molecule has 0 bridgehead atoms. The van der Waals surface area contributed by atoms with E-state index in [1.165, 1.54) is 24.8 Å². The molecule has 1 aliphatic carbocycles. The average Bonchev–Trinajstić information content (AvgIpc) is 3.40. The lowest BCUT2D eigenvalue weighted by Gasteiger charge is -2.33. The van der Waals surface area contributed by atoms with Crippen LogP contribution in [0.3, 0.4) is 0 Å². The summed E-state index contributed by atoms with van der Waals surface area (Å²) < 4.78 is 7.62. The molecule has 1 saturated carbocycles. The quantitative estimate of drug-likeness (QED) is 0.443. The maximum absolute atomic E-state index is 13.1. The summed E-state index contributed by atoms with van der Waals surface area (Å²) >= 11 is 0. The van der Waals surface area contributed by atoms with Crippen LogP contribution in [0.15, 0.2) is 29.1 Å². The van der Waals surface area contributed by atoms with Gasteiger partial charge in [-0.2, -0.15) is 0 Å². The Hall–Kier alpha value is -2.62. The van der Waals surface area contributed by atoms with Crippen molar-refractivity contribution in [3.8, 4) is 0 Å². The van der Waals surface area contributed by atoms with Crippen molar-refractivity contribution in [3.05, 3.63) is 51.6 Å². The third kappa shape index (κ3) is 6.27. The second kappa shape index (κ2) is 12.3. The molecule has 1 N–H and O–H groups in total. The normalized spacial score (nSPS) is 18.6. The largest absolute Gasteiger partial charge is 0.379 e. The highest BCUT2D eigenvalue weighted by molar-refractivity contribution is 5.79. The summed E-state index contributed by atoms with van der Waals surface area (Å²) in [5, 5.41) is 14.2. The minimum atomic E-state index is -0.0174. The molecule has 3 heterocycles. The van der Waals surface area contributed by atoms with Crippen LogP contribution in [0.4, 0.5) is 0 Å². The van der Waals surface area contributed by atoms with E-state index in [-0.39, 0.29) is 11.6 Å². The van der Waals surface area contributed by atoms with Crippen LogP contribution in [-0.2, 0) is 11.3 Å². The maximum atomic E-state index is 13.1. The van der Waals surface area contributed by atoms with E-state index >= 15 is 0 Å². The minimum Gasteiger partial charge on any atom is -0.379 e. The van der Waals surface area contributed by atoms with E-state index in [1.807, 2.05) is 12.1 Å². The molecule has 0 amide bonds. The van der Waals surface area contributed by atoms with Gasteiger partial charge in [0.2, 0.25) is 0 Å². The molecule has 0 radical (unpaired) electrons. The fourth-order valence-corrected chi connectivity index (χ4v) is 5.98. The molecule has 1 aromatic carbocycles. The first-order valence-corrected chi connectivity index (χ1v) is 14.1. The summed E-state index contributed by atoms with van der Waals surface area (Å²) in [7, 11) is 0. The SMILES string of the molecule is CCC(c1nnnn1C1CCCCC1)N(CCCN1CCOCC1)Cc1cc2cc(C)ccc2[nH]c1=O. The molecule has 9 nitrogen and oxygen atoms in total. The predicted molar refractivity (Wildman–Crippen MR) is 145 cm³/mol. The van der Waals surface area contributed by atoms with Crippen LogP contribution >= 0.6 is 0 Å². The van der Waals surface area contributed by atoms with Gasteiger partial charge in [-0.05, 0) is 73.2 Å². The number of H-pyrrole nitrogens is 1. The van der Waals surface area contributed by atoms with Crippen LogP contribution in [-0.4, -0.2) is 74.4 Å². The predicted octanol–water partition coefficient (Wildman–Crippen LogP) is 4.00. The second-order valence-electron chi connectivity index (χ2n) is 10.7. The number of hydrogen-bond donors (Lipinski definition) is 1. The first-order chi connectivity index (χ1) is 18.1. The number of hydrogen-bond acceptors (Lipinski definition) is 7. The molecule has 200 valence electrons. The van der Waals surface area contributed by atoms with Gasteiger partial charge in [0.25, 0.3) is 5.56 Å². The summed E-state index contributed by atoms with van der Waals surface area (Å²) in [5.74, 6) is 0.939. The van der Waals surface area contributed by atoms with Crippen molar-refractivity contribution < 1.29 is 4.74 Å². The molecule has 1 saturated heterocycles. The number of fused-ring (bicyclic) bond motifs is 1. The smallest absolute Gasteiger partial charge is 0.252 e. The summed E-state index contributed by atoms with van der Waals surface area (Å²) in [6.45, 7) is 10.3. The molecule has 3 aromatic rings. The van der Waals surface area contributed by atoms with Crippen molar-refractivity contribution in [1.82, 2.24) is 35.0 Å². The number of aromatic amines is 1. The topological polar surface area (TPSA) is 92.2 Å². The van der Waals surface area contributed by atoms with Gasteiger partial charge in [0.15, 0.2) is 5.82 Å². The van der Waals surface area contributed by atoms with Gasteiger partial charge in [0.1, 0.15) is 0 Å².